The second-order valence-corrected chi connectivity index (χ2v) is 8.19. The summed E-state index contributed by atoms with van der Waals surface area (Å²) in [6.45, 7) is 5.06. The monoisotopic (exact) mass is 378 g/mol. The van der Waals surface area contributed by atoms with Gasteiger partial charge in [0, 0.05) is 12.6 Å². The van der Waals surface area contributed by atoms with Gasteiger partial charge in [-0.15, -0.1) is 0 Å². The fourth-order valence-electron chi connectivity index (χ4n) is 2.53. The number of sulfonamides is 1. The summed E-state index contributed by atoms with van der Waals surface area (Å²) in [6, 6.07) is 3.92. The number of nitrogens with zero attached hydrogens (tertiary/aromatic N) is 2. The molecule has 0 saturated heterocycles. The first-order valence-electron chi connectivity index (χ1n) is 7.81. The third kappa shape index (κ3) is 3.08. The lowest BCUT2D eigenvalue weighted by atomic mass is 10.2. The van der Waals surface area contributed by atoms with Crippen LogP contribution in [0.1, 0.15) is 19.8 Å². The summed E-state index contributed by atoms with van der Waals surface area (Å²) < 4.78 is 29.3. The topological polar surface area (TPSA) is 119 Å². The molecule has 0 spiro atoms. The van der Waals surface area contributed by atoms with E-state index in [2.05, 4.69) is 16.7 Å². The summed E-state index contributed by atoms with van der Waals surface area (Å²) in [4.78, 5) is 36.3. The van der Waals surface area contributed by atoms with Crippen LogP contribution in [0.3, 0.4) is 0 Å². The van der Waals surface area contributed by atoms with E-state index in [0.29, 0.717) is 4.68 Å². The fourth-order valence-corrected chi connectivity index (χ4v) is 4.02. The number of hydrogen-bond acceptors (Lipinski definition) is 5. The highest BCUT2D eigenvalue weighted by atomic mass is 32.2. The number of carbonyl (C=O) groups excluding carboxylic acids is 1. The number of aromatic nitrogens is 2. The quantitative estimate of drug-likeness (QED) is 0.698. The number of benzene rings is 1. The predicted octanol–water partition coefficient (Wildman–Crippen LogP) is -0.213. The number of amides is 1. The molecule has 0 unspecified atom stereocenters. The van der Waals surface area contributed by atoms with Crippen LogP contribution < -0.4 is 21.4 Å². The molecule has 2 N–H and O–H groups in total. The van der Waals surface area contributed by atoms with Gasteiger partial charge in [-0.1, -0.05) is 6.58 Å². The van der Waals surface area contributed by atoms with Crippen LogP contribution in [0.2, 0.25) is 0 Å². The summed E-state index contributed by atoms with van der Waals surface area (Å²) >= 11 is 0. The minimum atomic E-state index is -3.82. The summed E-state index contributed by atoms with van der Waals surface area (Å²) in [5.41, 5.74) is 0.311. The minimum Gasteiger partial charge on any atom is -0.295 e. The summed E-state index contributed by atoms with van der Waals surface area (Å²) in [7, 11) is -2.40. The SMILES string of the molecule is C=CC(=O)Nn1c(=O)c2cc(S(=O)(=O)NC3(C)CC3)ccc2n(C)c1=O. The Hall–Kier alpha value is -2.72. The number of hydrogen-bond donors (Lipinski definition) is 2. The number of carbonyl (C=O) groups is 1. The van der Waals surface area contributed by atoms with E-state index in [4.69, 9.17) is 0 Å². The average molecular weight is 378 g/mol. The third-order valence-electron chi connectivity index (χ3n) is 4.34. The summed E-state index contributed by atoms with van der Waals surface area (Å²) in [5, 5.41) is -0.0136. The van der Waals surface area contributed by atoms with Gasteiger partial charge in [0.15, 0.2) is 0 Å². The molecule has 9 nitrogen and oxygen atoms in total. The van der Waals surface area contributed by atoms with Gasteiger partial charge in [-0.3, -0.25) is 19.6 Å². The average Bonchev–Trinajstić information content (AvgIpc) is 3.31. The molecule has 0 atom stereocenters. The van der Waals surface area contributed by atoms with Crippen LogP contribution in [0.25, 0.3) is 10.9 Å². The highest BCUT2D eigenvalue weighted by Crippen LogP contribution is 2.36. The van der Waals surface area contributed by atoms with Gasteiger partial charge in [0.25, 0.3) is 11.5 Å². The van der Waals surface area contributed by atoms with Crippen LogP contribution >= 0.6 is 0 Å². The molecule has 10 heteroatoms. The second-order valence-electron chi connectivity index (χ2n) is 6.51. The molecule has 1 amide bonds. The number of aryl methyl sites for hydroxylation is 1. The van der Waals surface area contributed by atoms with E-state index < -0.39 is 32.7 Å². The van der Waals surface area contributed by atoms with E-state index in [-0.39, 0.29) is 15.8 Å². The van der Waals surface area contributed by atoms with E-state index in [1.54, 1.807) is 6.92 Å². The molecule has 2 aromatic rings. The van der Waals surface area contributed by atoms with Crippen molar-refractivity contribution in [1.82, 2.24) is 14.0 Å². The Labute approximate surface area is 149 Å². The molecule has 1 saturated carbocycles. The van der Waals surface area contributed by atoms with Crippen molar-refractivity contribution >= 4 is 26.8 Å². The van der Waals surface area contributed by atoms with Crippen LogP contribution in [0.5, 0.6) is 0 Å². The number of nitrogens with one attached hydrogen (secondary N) is 2. The molecule has 0 aliphatic heterocycles. The molecule has 26 heavy (non-hydrogen) atoms. The van der Waals surface area contributed by atoms with Crippen LogP contribution in [-0.2, 0) is 21.9 Å². The second kappa shape index (κ2) is 5.92. The van der Waals surface area contributed by atoms with Crippen LogP contribution in [0, 0.1) is 0 Å². The number of rotatable bonds is 5. The first-order chi connectivity index (χ1) is 12.1. The maximum atomic E-state index is 12.6. The first-order valence-corrected chi connectivity index (χ1v) is 9.29. The largest absolute Gasteiger partial charge is 0.350 e. The molecule has 1 fully saturated rings. The molecule has 1 aromatic heterocycles. The number of fused-ring (bicyclic) bond motifs is 1. The molecular formula is C16H18N4O5S. The maximum Gasteiger partial charge on any atom is 0.350 e. The molecule has 138 valence electrons. The van der Waals surface area contributed by atoms with E-state index in [1.807, 2.05) is 0 Å². The smallest absolute Gasteiger partial charge is 0.295 e. The lowest BCUT2D eigenvalue weighted by Crippen LogP contribution is -2.45. The predicted molar refractivity (Wildman–Crippen MR) is 96.0 cm³/mol. The molecule has 1 heterocycles. The van der Waals surface area contributed by atoms with Gasteiger partial charge in [-0.25, -0.2) is 17.9 Å². The van der Waals surface area contributed by atoms with Crippen molar-refractivity contribution in [3.63, 3.8) is 0 Å². The summed E-state index contributed by atoms with van der Waals surface area (Å²) in [5.74, 6) is -0.740. The van der Waals surface area contributed by atoms with Crippen molar-refractivity contribution in [2.45, 2.75) is 30.2 Å². The highest BCUT2D eigenvalue weighted by molar-refractivity contribution is 7.89. The fraction of sp³-hybridized carbons (Fsp3) is 0.312. The summed E-state index contributed by atoms with van der Waals surface area (Å²) in [6.07, 6.45) is 2.40. The van der Waals surface area contributed by atoms with Crippen molar-refractivity contribution in [3.05, 3.63) is 51.7 Å². The molecule has 1 aliphatic rings. The molecule has 0 radical (unpaired) electrons. The van der Waals surface area contributed by atoms with Crippen LogP contribution in [0.4, 0.5) is 0 Å². The zero-order valence-electron chi connectivity index (χ0n) is 14.3. The van der Waals surface area contributed by atoms with Gasteiger partial charge < -0.3 is 0 Å². The molecule has 1 aliphatic carbocycles. The maximum absolute atomic E-state index is 12.6. The van der Waals surface area contributed by atoms with Crippen molar-refractivity contribution < 1.29 is 13.2 Å². The van der Waals surface area contributed by atoms with Gasteiger partial charge in [0.2, 0.25) is 10.0 Å². The van der Waals surface area contributed by atoms with Gasteiger partial charge in [-0.2, -0.15) is 4.68 Å². The van der Waals surface area contributed by atoms with Crippen molar-refractivity contribution in [2.24, 2.45) is 7.05 Å². The first kappa shape index (κ1) is 18.1. The highest BCUT2D eigenvalue weighted by Gasteiger charge is 2.41. The van der Waals surface area contributed by atoms with Crippen molar-refractivity contribution in [2.75, 3.05) is 5.43 Å². The van der Waals surface area contributed by atoms with Gasteiger partial charge in [0.05, 0.1) is 15.8 Å². The van der Waals surface area contributed by atoms with Crippen LogP contribution in [-0.4, -0.2) is 29.1 Å². The zero-order valence-corrected chi connectivity index (χ0v) is 15.1. The van der Waals surface area contributed by atoms with E-state index in [9.17, 15) is 22.8 Å². The van der Waals surface area contributed by atoms with E-state index in [0.717, 1.165) is 23.5 Å². The minimum absolute atomic E-state index is 0.0136. The van der Waals surface area contributed by atoms with E-state index in [1.165, 1.54) is 25.2 Å². The van der Waals surface area contributed by atoms with Gasteiger partial charge in [0.1, 0.15) is 0 Å². The standard InChI is InChI=1S/C16H18N4O5S/c1-4-13(21)17-20-14(22)11-9-10(5-6-12(11)19(3)15(20)23)26(24,25)18-16(2)7-8-16/h4-6,9,18H,1,7-8H2,2-3H3,(H,17,21). The Balaban J connectivity index is 2.20. The molecular weight excluding hydrogens is 360 g/mol. The Morgan fingerprint density at radius 1 is 1.31 bits per heavy atom. The van der Waals surface area contributed by atoms with Crippen LogP contribution in [0.15, 0.2) is 45.3 Å². The Morgan fingerprint density at radius 3 is 2.54 bits per heavy atom. The zero-order chi connectivity index (χ0) is 19.3. The third-order valence-corrected chi connectivity index (χ3v) is 5.98. The Kier molecular flexibility index (Phi) is 4.12. The normalized spacial score (nSPS) is 15.6. The van der Waals surface area contributed by atoms with Gasteiger partial charge >= 0.3 is 5.69 Å². The Bertz CT molecular complexity index is 1160. The van der Waals surface area contributed by atoms with Crippen molar-refractivity contribution in [1.29, 1.82) is 0 Å². The molecule has 0 bridgehead atoms. The Morgan fingerprint density at radius 2 is 1.96 bits per heavy atom. The van der Waals surface area contributed by atoms with Crippen molar-refractivity contribution in [3.8, 4) is 0 Å². The lowest BCUT2D eigenvalue weighted by molar-refractivity contribution is -0.112. The molecule has 1 aromatic carbocycles. The van der Waals surface area contributed by atoms with E-state index >= 15 is 0 Å². The lowest BCUT2D eigenvalue weighted by Gasteiger charge is -2.14. The van der Waals surface area contributed by atoms with Gasteiger partial charge in [-0.05, 0) is 44.0 Å². The molecule has 3 rings (SSSR count).